The van der Waals surface area contributed by atoms with E-state index in [9.17, 15) is 0 Å². The van der Waals surface area contributed by atoms with Crippen LogP contribution in [0.3, 0.4) is 0 Å². The van der Waals surface area contributed by atoms with Crippen LogP contribution in [0.5, 0.6) is 0 Å². The van der Waals surface area contributed by atoms with Gasteiger partial charge >= 0.3 is 0 Å². The number of aliphatic imine (C=N–C) groups is 1. The predicted molar refractivity (Wildman–Crippen MR) is 57.5 cm³/mol. The van der Waals surface area contributed by atoms with Crippen LogP contribution in [0.15, 0.2) is 4.99 Å². The molecule has 0 bridgehead atoms. The molecule has 0 saturated heterocycles. The average Bonchev–Trinajstić information content (AvgIpc) is 2.03. The minimum atomic E-state index is 0.914. The lowest BCUT2D eigenvalue weighted by Crippen LogP contribution is -2.32. The van der Waals surface area contributed by atoms with Gasteiger partial charge < -0.3 is 9.62 Å². The highest BCUT2D eigenvalue weighted by atomic mass is 32.2. The van der Waals surface area contributed by atoms with Crippen LogP contribution in [0.25, 0.3) is 0 Å². The number of hydrogen-bond acceptors (Lipinski definition) is 2. The Bertz CT molecular complexity index is 134. The van der Waals surface area contributed by atoms with E-state index in [1.807, 2.05) is 25.3 Å². The summed E-state index contributed by atoms with van der Waals surface area (Å²) in [6.45, 7) is 3.09. The highest BCUT2D eigenvalue weighted by Crippen LogP contribution is 1.92. The maximum Gasteiger partial charge on any atom is 0.203 e. The number of guanidine groups is 1. The lowest BCUT2D eigenvalue weighted by Gasteiger charge is -2.15. The third kappa shape index (κ3) is 5.29. The molecule has 0 atom stereocenters. The number of nitrogens with one attached hydrogen (secondary N) is 1. The molecule has 0 aliphatic carbocycles. The largest absolute Gasteiger partial charge is 0.348 e. The minimum absolute atomic E-state index is 0.914. The molecule has 0 heterocycles. The number of unbranched alkanes of at least 4 members (excludes halogenated alkanes) is 1. The Hall–Kier alpha value is -0.380. The van der Waals surface area contributed by atoms with Crippen LogP contribution in [-0.2, 0) is 0 Å². The van der Waals surface area contributed by atoms with Gasteiger partial charge in [0, 0.05) is 26.9 Å². The molecule has 0 aromatic heterocycles. The summed E-state index contributed by atoms with van der Waals surface area (Å²) in [7, 11) is 3.99. The van der Waals surface area contributed by atoms with E-state index in [1.54, 1.807) is 11.9 Å². The molecule has 0 aromatic carbocycles. The van der Waals surface area contributed by atoms with Crippen molar-refractivity contribution >= 4 is 17.9 Å². The molecule has 0 rings (SSSR count). The SMILES string of the molecule is CCCCN=C(NSC)N(C)C. The van der Waals surface area contributed by atoms with Gasteiger partial charge in [-0.05, 0) is 6.42 Å². The standard InChI is InChI=1S/C8H19N3S/c1-5-6-7-9-8(10-12-4)11(2)3/h5-7H2,1-4H3,(H,9,10). The molecule has 72 valence electrons. The molecule has 4 heteroatoms. The van der Waals surface area contributed by atoms with Crippen LogP contribution in [-0.4, -0.2) is 37.8 Å². The third-order valence-electron chi connectivity index (χ3n) is 1.39. The van der Waals surface area contributed by atoms with E-state index in [2.05, 4.69) is 16.6 Å². The second-order valence-corrected chi connectivity index (χ2v) is 3.37. The molecule has 0 spiro atoms. The summed E-state index contributed by atoms with van der Waals surface area (Å²) in [5.41, 5.74) is 0. The molecule has 0 saturated carbocycles. The fourth-order valence-corrected chi connectivity index (χ4v) is 1.13. The Morgan fingerprint density at radius 3 is 2.58 bits per heavy atom. The van der Waals surface area contributed by atoms with Crippen LogP contribution >= 0.6 is 11.9 Å². The maximum absolute atomic E-state index is 4.41. The van der Waals surface area contributed by atoms with Crippen LogP contribution in [0.4, 0.5) is 0 Å². The van der Waals surface area contributed by atoms with Crippen molar-refractivity contribution in [3.63, 3.8) is 0 Å². The average molecular weight is 189 g/mol. The molecule has 0 unspecified atom stereocenters. The van der Waals surface area contributed by atoms with Crippen molar-refractivity contribution in [3.05, 3.63) is 0 Å². The first-order valence-corrected chi connectivity index (χ1v) is 5.45. The van der Waals surface area contributed by atoms with Gasteiger partial charge in [-0.1, -0.05) is 25.3 Å². The fraction of sp³-hybridized carbons (Fsp3) is 0.875. The van der Waals surface area contributed by atoms with Crippen molar-refractivity contribution in [2.75, 3.05) is 26.9 Å². The maximum atomic E-state index is 4.41. The van der Waals surface area contributed by atoms with Crippen LogP contribution in [0.2, 0.25) is 0 Å². The normalized spacial score (nSPS) is 11.5. The van der Waals surface area contributed by atoms with Gasteiger partial charge in [-0.15, -0.1) is 0 Å². The first-order valence-electron chi connectivity index (χ1n) is 4.23. The van der Waals surface area contributed by atoms with Crippen molar-refractivity contribution in [2.24, 2.45) is 4.99 Å². The molecule has 12 heavy (non-hydrogen) atoms. The Kier molecular flexibility index (Phi) is 7.05. The zero-order valence-electron chi connectivity index (χ0n) is 8.42. The first kappa shape index (κ1) is 11.6. The van der Waals surface area contributed by atoms with Crippen LogP contribution in [0.1, 0.15) is 19.8 Å². The number of rotatable bonds is 4. The van der Waals surface area contributed by atoms with Gasteiger partial charge in [0.1, 0.15) is 0 Å². The molecular weight excluding hydrogens is 170 g/mol. The Labute approximate surface area is 79.8 Å². The van der Waals surface area contributed by atoms with E-state index < -0.39 is 0 Å². The molecule has 1 N–H and O–H groups in total. The number of hydrogen-bond donors (Lipinski definition) is 1. The highest BCUT2D eigenvalue weighted by molar-refractivity contribution is 7.97. The van der Waals surface area contributed by atoms with Gasteiger partial charge in [-0.3, -0.25) is 4.99 Å². The lowest BCUT2D eigenvalue weighted by atomic mass is 10.3. The predicted octanol–water partition coefficient (Wildman–Crippen LogP) is 1.57. The van der Waals surface area contributed by atoms with Gasteiger partial charge in [0.05, 0.1) is 0 Å². The fourth-order valence-electron chi connectivity index (χ4n) is 0.699. The summed E-state index contributed by atoms with van der Waals surface area (Å²) in [6.07, 6.45) is 4.36. The summed E-state index contributed by atoms with van der Waals surface area (Å²) in [4.78, 5) is 6.41. The molecule has 0 aromatic rings. The second-order valence-electron chi connectivity index (χ2n) is 2.76. The quantitative estimate of drug-likeness (QED) is 0.315. The van der Waals surface area contributed by atoms with Crippen molar-refractivity contribution in [3.8, 4) is 0 Å². The van der Waals surface area contributed by atoms with Gasteiger partial charge in [-0.25, -0.2) is 0 Å². The van der Waals surface area contributed by atoms with Gasteiger partial charge in [0.2, 0.25) is 5.96 Å². The molecule has 0 radical (unpaired) electrons. The Morgan fingerprint density at radius 1 is 1.50 bits per heavy atom. The molecular formula is C8H19N3S. The zero-order chi connectivity index (χ0) is 9.40. The van der Waals surface area contributed by atoms with Crippen molar-refractivity contribution in [1.29, 1.82) is 0 Å². The molecule has 0 amide bonds. The van der Waals surface area contributed by atoms with E-state index in [0.29, 0.717) is 0 Å². The number of nitrogens with zero attached hydrogens (tertiary/aromatic N) is 2. The third-order valence-corrected chi connectivity index (χ3v) is 1.78. The van der Waals surface area contributed by atoms with E-state index >= 15 is 0 Å². The van der Waals surface area contributed by atoms with Gasteiger partial charge in [-0.2, -0.15) is 0 Å². The summed E-state index contributed by atoms with van der Waals surface area (Å²) in [5.74, 6) is 0.955. The Balaban J connectivity index is 3.82. The van der Waals surface area contributed by atoms with E-state index in [0.717, 1.165) is 18.9 Å². The van der Waals surface area contributed by atoms with E-state index in [1.165, 1.54) is 6.42 Å². The first-order chi connectivity index (χ1) is 5.72. The second kappa shape index (κ2) is 7.28. The molecule has 3 nitrogen and oxygen atoms in total. The lowest BCUT2D eigenvalue weighted by molar-refractivity contribution is 0.601. The van der Waals surface area contributed by atoms with Gasteiger partial charge in [0.15, 0.2) is 0 Å². The summed E-state index contributed by atoms with van der Waals surface area (Å²) in [5, 5.41) is 0. The minimum Gasteiger partial charge on any atom is -0.348 e. The van der Waals surface area contributed by atoms with Gasteiger partial charge in [0.25, 0.3) is 0 Å². The van der Waals surface area contributed by atoms with Crippen molar-refractivity contribution in [2.45, 2.75) is 19.8 Å². The summed E-state index contributed by atoms with van der Waals surface area (Å²) >= 11 is 1.57. The monoisotopic (exact) mass is 189 g/mol. The van der Waals surface area contributed by atoms with Crippen LogP contribution < -0.4 is 4.72 Å². The molecule has 0 aliphatic heterocycles. The van der Waals surface area contributed by atoms with Crippen LogP contribution in [0, 0.1) is 0 Å². The highest BCUT2D eigenvalue weighted by Gasteiger charge is 1.97. The molecule has 0 fully saturated rings. The van der Waals surface area contributed by atoms with Crippen molar-refractivity contribution in [1.82, 2.24) is 9.62 Å². The molecule has 0 aliphatic rings. The topological polar surface area (TPSA) is 27.6 Å². The van der Waals surface area contributed by atoms with E-state index in [4.69, 9.17) is 0 Å². The summed E-state index contributed by atoms with van der Waals surface area (Å²) in [6, 6.07) is 0. The smallest absolute Gasteiger partial charge is 0.203 e. The summed E-state index contributed by atoms with van der Waals surface area (Å²) < 4.78 is 3.13. The zero-order valence-corrected chi connectivity index (χ0v) is 9.24. The van der Waals surface area contributed by atoms with Crippen molar-refractivity contribution < 1.29 is 0 Å². The Morgan fingerprint density at radius 2 is 2.17 bits per heavy atom. The van der Waals surface area contributed by atoms with E-state index in [-0.39, 0.29) is 0 Å².